The minimum Gasteiger partial charge on any atom is -0.349 e. The van der Waals surface area contributed by atoms with Gasteiger partial charge in [-0.05, 0) is 44.4 Å². The SMILES string of the molecule is CC1CCC(CCl)(NC(=O)C2CCCCC2)CC1. The largest absolute Gasteiger partial charge is 0.349 e. The Bertz CT molecular complexity index is 278. The monoisotopic (exact) mass is 271 g/mol. The molecule has 1 N–H and O–H groups in total. The van der Waals surface area contributed by atoms with Crippen molar-refractivity contribution in [2.24, 2.45) is 11.8 Å². The quantitative estimate of drug-likeness (QED) is 0.776. The minimum absolute atomic E-state index is 0.109. The second kappa shape index (κ2) is 6.27. The molecule has 0 aromatic carbocycles. The summed E-state index contributed by atoms with van der Waals surface area (Å²) in [4.78, 5) is 12.3. The number of rotatable bonds is 3. The van der Waals surface area contributed by atoms with E-state index < -0.39 is 0 Å². The van der Waals surface area contributed by atoms with E-state index in [-0.39, 0.29) is 17.4 Å². The molecule has 104 valence electrons. The number of nitrogens with one attached hydrogen (secondary N) is 1. The fraction of sp³-hybridized carbons (Fsp3) is 0.933. The van der Waals surface area contributed by atoms with E-state index in [4.69, 9.17) is 11.6 Å². The van der Waals surface area contributed by atoms with E-state index in [1.807, 2.05) is 0 Å². The normalized spacial score (nSPS) is 34.2. The van der Waals surface area contributed by atoms with Crippen LogP contribution in [0.5, 0.6) is 0 Å². The summed E-state index contributed by atoms with van der Waals surface area (Å²) in [5.41, 5.74) is -0.109. The number of halogens is 1. The Morgan fingerprint density at radius 3 is 2.33 bits per heavy atom. The van der Waals surface area contributed by atoms with Gasteiger partial charge in [0.25, 0.3) is 0 Å². The molecule has 1 amide bonds. The molecule has 0 bridgehead atoms. The molecule has 0 radical (unpaired) electrons. The van der Waals surface area contributed by atoms with Crippen LogP contribution >= 0.6 is 11.6 Å². The standard InChI is InChI=1S/C15H26ClNO/c1-12-7-9-15(11-16,10-8-12)17-14(18)13-5-3-2-4-6-13/h12-13H,2-11H2,1H3,(H,17,18). The highest BCUT2D eigenvalue weighted by atomic mass is 35.5. The highest BCUT2D eigenvalue weighted by Gasteiger charge is 2.36. The van der Waals surface area contributed by atoms with Crippen LogP contribution in [-0.4, -0.2) is 17.3 Å². The molecule has 2 fully saturated rings. The van der Waals surface area contributed by atoms with Gasteiger partial charge in [-0.15, -0.1) is 11.6 Å². The fourth-order valence-corrected chi connectivity index (χ4v) is 3.67. The lowest BCUT2D eigenvalue weighted by atomic mass is 9.77. The maximum atomic E-state index is 12.3. The lowest BCUT2D eigenvalue weighted by Crippen LogP contribution is -2.53. The van der Waals surface area contributed by atoms with Gasteiger partial charge in [-0.2, -0.15) is 0 Å². The van der Waals surface area contributed by atoms with Crippen LogP contribution in [0.2, 0.25) is 0 Å². The Balaban J connectivity index is 1.90. The van der Waals surface area contributed by atoms with Crippen molar-refractivity contribution >= 4 is 17.5 Å². The molecular formula is C15H26ClNO. The van der Waals surface area contributed by atoms with Crippen LogP contribution < -0.4 is 5.32 Å². The highest BCUT2D eigenvalue weighted by Crippen LogP contribution is 2.34. The first-order chi connectivity index (χ1) is 8.65. The van der Waals surface area contributed by atoms with Crippen LogP contribution in [0, 0.1) is 11.8 Å². The van der Waals surface area contributed by atoms with Crippen LogP contribution in [0.4, 0.5) is 0 Å². The molecule has 2 rings (SSSR count). The Morgan fingerprint density at radius 1 is 1.17 bits per heavy atom. The molecule has 3 heteroatoms. The van der Waals surface area contributed by atoms with Crippen molar-refractivity contribution in [3.8, 4) is 0 Å². The van der Waals surface area contributed by atoms with Crippen molar-refractivity contribution in [3.05, 3.63) is 0 Å². The zero-order valence-electron chi connectivity index (χ0n) is 11.5. The van der Waals surface area contributed by atoms with Gasteiger partial charge >= 0.3 is 0 Å². The van der Waals surface area contributed by atoms with Gasteiger partial charge in [-0.25, -0.2) is 0 Å². The van der Waals surface area contributed by atoms with Crippen molar-refractivity contribution in [2.75, 3.05) is 5.88 Å². The first kappa shape index (κ1) is 14.2. The Kier molecular flexibility index (Phi) is 4.94. The third kappa shape index (κ3) is 3.40. The molecule has 0 heterocycles. The maximum Gasteiger partial charge on any atom is 0.223 e. The van der Waals surface area contributed by atoms with Crippen LogP contribution in [0.3, 0.4) is 0 Å². The van der Waals surface area contributed by atoms with E-state index in [0.29, 0.717) is 5.88 Å². The second-order valence-corrected chi connectivity index (χ2v) is 6.69. The van der Waals surface area contributed by atoms with Gasteiger partial charge < -0.3 is 5.32 Å². The summed E-state index contributed by atoms with van der Waals surface area (Å²) in [5.74, 6) is 1.87. The van der Waals surface area contributed by atoms with Crippen molar-refractivity contribution < 1.29 is 4.79 Å². The first-order valence-corrected chi connectivity index (χ1v) is 8.07. The van der Waals surface area contributed by atoms with Gasteiger partial charge in [0.1, 0.15) is 0 Å². The smallest absolute Gasteiger partial charge is 0.223 e. The minimum atomic E-state index is -0.109. The van der Waals surface area contributed by atoms with Gasteiger partial charge in [-0.1, -0.05) is 26.2 Å². The summed E-state index contributed by atoms with van der Waals surface area (Å²) in [6.45, 7) is 2.29. The van der Waals surface area contributed by atoms with Gasteiger partial charge in [-0.3, -0.25) is 4.79 Å². The molecule has 0 aromatic heterocycles. The average molecular weight is 272 g/mol. The summed E-state index contributed by atoms with van der Waals surface area (Å²) in [5, 5.41) is 3.30. The Labute approximate surface area is 116 Å². The maximum absolute atomic E-state index is 12.3. The van der Waals surface area contributed by atoms with Gasteiger partial charge in [0.15, 0.2) is 0 Å². The van der Waals surface area contributed by atoms with Crippen molar-refractivity contribution in [3.63, 3.8) is 0 Å². The Hall–Kier alpha value is -0.240. The Morgan fingerprint density at radius 2 is 1.78 bits per heavy atom. The number of carbonyl (C=O) groups is 1. The summed E-state index contributed by atoms with van der Waals surface area (Å²) in [7, 11) is 0. The van der Waals surface area contributed by atoms with E-state index in [9.17, 15) is 4.79 Å². The second-order valence-electron chi connectivity index (χ2n) is 6.42. The molecule has 0 aromatic rings. The predicted molar refractivity (Wildman–Crippen MR) is 75.8 cm³/mol. The number of amides is 1. The predicted octanol–water partition coefficient (Wildman–Crippen LogP) is 3.87. The number of carbonyl (C=O) groups excluding carboxylic acids is 1. The van der Waals surface area contributed by atoms with Gasteiger partial charge in [0, 0.05) is 11.8 Å². The molecule has 0 aliphatic heterocycles. The fourth-order valence-electron chi connectivity index (χ4n) is 3.33. The molecule has 2 nitrogen and oxygen atoms in total. The van der Waals surface area contributed by atoms with Crippen LogP contribution in [0.15, 0.2) is 0 Å². The average Bonchev–Trinajstić information content (AvgIpc) is 2.43. The molecule has 18 heavy (non-hydrogen) atoms. The number of hydrogen-bond donors (Lipinski definition) is 1. The van der Waals surface area contributed by atoms with Gasteiger partial charge in [0.05, 0.1) is 5.54 Å². The third-order valence-corrected chi connectivity index (χ3v) is 5.36. The third-order valence-electron chi connectivity index (χ3n) is 4.85. The molecule has 0 saturated heterocycles. The van der Waals surface area contributed by atoms with Crippen molar-refractivity contribution in [2.45, 2.75) is 70.3 Å². The van der Waals surface area contributed by atoms with Crippen molar-refractivity contribution in [1.29, 1.82) is 0 Å². The lowest BCUT2D eigenvalue weighted by Gasteiger charge is -2.40. The molecule has 2 aliphatic rings. The summed E-state index contributed by atoms with van der Waals surface area (Å²) >= 11 is 6.15. The van der Waals surface area contributed by atoms with E-state index in [2.05, 4.69) is 12.2 Å². The van der Waals surface area contributed by atoms with E-state index in [1.54, 1.807) is 0 Å². The molecule has 0 atom stereocenters. The van der Waals surface area contributed by atoms with Crippen LogP contribution in [0.25, 0.3) is 0 Å². The topological polar surface area (TPSA) is 29.1 Å². The van der Waals surface area contributed by atoms with Crippen LogP contribution in [0.1, 0.15) is 64.7 Å². The molecule has 2 saturated carbocycles. The zero-order chi connectivity index (χ0) is 13.0. The molecule has 0 unspecified atom stereocenters. The summed E-state index contributed by atoms with van der Waals surface area (Å²) in [6, 6.07) is 0. The first-order valence-electron chi connectivity index (χ1n) is 7.53. The summed E-state index contributed by atoms with van der Waals surface area (Å²) in [6.07, 6.45) is 10.3. The van der Waals surface area contributed by atoms with Gasteiger partial charge in [0.2, 0.25) is 5.91 Å². The van der Waals surface area contributed by atoms with E-state index in [0.717, 1.165) is 31.6 Å². The van der Waals surface area contributed by atoms with Crippen molar-refractivity contribution in [1.82, 2.24) is 5.32 Å². The molecule has 2 aliphatic carbocycles. The highest BCUT2D eigenvalue weighted by molar-refractivity contribution is 6.18. The van der Waals surface area contributed by atoms with Crippen LogP contribution in [-0.2, 0) is 4.79 Å². The van der Waals surface area contributed by atoms with E-state index >= 15 is 0 Å². The zero-order valence-corrected chi connectivity index (χ0v) is 12.3. The molecule has 0 spiro atoms. The lowest BCUT2D eigenvalue weighted by molar-refractivity contribution is -0.128. The number of alkyl halides is 1. The van der Waals surface area contributed by atoms with E-state index in [1.165, 1.54) is 32.1 Å². The summed E-state index contributed by atoms with van der Waals surface area (Å²) < 4.78 is 0. The number of hydrogen-bond acceptors (Lipinski definition) is 1. The molecular weight excluding hydrogens is 246 g/mol.